The van der Waals surface area contributed by atoms with Gasteiger partial charge in [-0.3, -0.25) is 0 Å². The minimum absolute atomic E-state index is 0.0421. The second-order valence-electron chi connectivity index (χ2n) is 4.86. The van der Waals surface area contributed by atoms with Crippen molar-refractivity contribution in [1.29, 1.82) is 0 Å². The zero-order valence-corrected chi connectivity index (χ0v) is 10.4. The van der Waals surface area contributed by atoms with Gasteiger partial charge in [0.05, 0.1) is 6.61 Å². The minimum atomic E-state index is -4.22. The Hall–Kier alpha value is -0.290. The molecule has 0 saturated heterocycles. The lowest BCUT2D eigenvalue weighted by molar-refractivity contribution is -0.175. The molecular formula is C12H22F3NO. The lowest BCUT2D eigenvalue weighted by Gasteiger charge is -2.26. The predicted octanol–water partition coefficient (Wildman–Crippen LogP) is 3.12. The van der Waals surface area contributed by atoms with Crippen LogP contribution in [0.15, 0.2) is 0 Å². The highest BCUT2D eigenvalue weighted by molar-refractivity contribution is 4.73. The van der Waals surface area contributed by atoms with Crippen LogP contribution in [0.1, 0.15) is 38.5 Å². The van der Waals surface area contributed by atoms with E-state index in [1.54, 1.807) is 7.05 Å². The van der Waals surface area contributed by atoms with Crippen LogP contribution in [0.4, 0.5) is 13.2 Å². The van der Waals surface area contributed by atoms with Gasteiger partial charge in [-0.2, -0.15) is 13.2 Å². The van der Waals surface area contributed by atoms with Crippen molar-refractivity contribution in [1.82, 2.24) is 5.32 Å². The predicted molar refractivity (Wildman–Crippen MR) is 60.9 cm³/mol. The van der Waals surface area contributed by atoms with E-state index in [0.29, 0.717) is 5.92 Å². The number of ether oxygens (including phenoxy) is 1. The summed E-state index contributed by atoms with van der Waals surface area (Å²) in [6, 6.07) is 0.0421. The molecule has 0 spiro atoms. The summed E-state index contributed by atoms with van der Waals surface area (Å²) in [6.45, 7) is -0.998. The van der Waals surface area contributed by atoms with Crippen molar-refractivity contribution in [3.05, 3.63) is 0 Å². The number of hydrogen-bond donors (Lipinski definition) is 1. The molecule has 5 heteroatoms. The van der Waals surface area contributed by atoms with Gasteiger partial charge in [-0.1, -0.05) is 32.1 Å². The average Bonchev–Trinajstić information content (AvgIpc) is 2.27. The van der Waals surface area contributed by atoms with E-state index in [4.69, 9.17) is 4.74 Å². The topological polar surface area (TPSA) is 21.3 Å². The Morgan fingerprint density at radius 2 is 1.88 bits per heavy atom. The first kappa shape index (κ1) is 14.8. The molecule has 0 radical (unpaired) electrons. The molecular weight excluding hydrogens is 231 g/mol. The molecule has 0 bridgehead atoms. The molecule has 0 aliphatic heterocycles. The van der Waals surface area contributed by atoms with E-state index in [2.05, 4.69) is 5.32 Å². The van der Waals surface area contributed by atoms with Crippen LogP contribution in [0.5, 0.6) is 0 Å². The number of alkyl halides is 3. The number of nitrogens with one attached hydrogen (secondary N) is 1. The first-order chi connectivity index (χ1) is 8.01. The highest BCUT2D eigenvalue weighted by Crippen LogP contribution is 2.27. The van der Waals surface area contributed by atoms with Crippen molar-refractivity contribution >= 4 is 0 Å². The lowest BCUT2D eigenvalue weighted by Crippen LogP contribution is -2.34. The Labute approximate surface area is 101 Å². The average molecular weight is 253 g/mol. The van der Waals surface area contributed by atoms with E-state index >= 15 is 0 Å². The SMILES string of the molecule is CNC(COCC(F)(F)F)CC1CCCCC1. The van der Waals surface area contributed by atoms with Crippen LogP contribution in [0.2, 0.25) is 0 Å². The molecule has 0 aromatic heterocycles. The molecule has 102 valence electrons. The zero-order valence-electron chi connectivity index (χ0n) is 10.4. The standard InChI is InChI=1S/C12H22F3NO/c1-16-11(8-17-9-12(13,14)15)7-10-5-3-2-4-6-10/h10-11,16H,2-9H2,1H3. The summed E-state index contributed by atoms with van der Waals surface area (Å²) in [6.07, 6.45) is 2.92. The Bertz CT molecular complexity index is 202. The molecule has 1 rings (SSSR count). The number of halogens is 3. The molecule has 0 heterocycles. The smallest absolute Gasteiger partial charge is 0.370 e. The van der Waals surface area contributed by atoms with Gasteiger partial charge in [0.25, 0.3) is 0 Å². The maximum Gasteiger partial charge on any atom is 0.411 e. The largest absolute Gasteiger partial charge is 0.411 e. The van der Waals surface area contributed by atoms with Gasteiger partial charge < -0.3 is 10.1 Å². The van der Waals surface area contributed by atoms with Crippen molar-refractivity contribution < 1.29 is 17.9 Å². The second kappa shape index (κ2) is 7.21. The molecule has 0 aromatic carbocycles. The third-order valence-electron chi connectivity index (χ3n) is 3.34. The van der Waals surface area contributed by atoms with E-state index in [1.807, 2.05) is 0 Å². The maximum atomic E-state index is 11.9. The molecule has 0 amide bonds. The first-order valence-corrected chi connectivity index (χ1v) is 6.33. The lowest BCUT2D eigenvalue weighted by atomic mass is 9.85. The van der Waals surface area contributed by atoms with Crippen molar-refractivity contribution in [3.63, 3.8) is 0 Å². The van der Waals surface area contributed by atoms with Gasteiger partial charge >= 0.3 is 6.18 Å². The molecule has 1 saturated carbocycles. The highest BCUT2D eigenvalue weighted by Gasteiger charge is 2.28. The van der Waals surface area contributed by atoms with Crippen molar-refractivity contribution in [2.24, 2.45) is 5.92 Å². The van der Waals surface area contributed by atoms with Crippen molar-refractivity contribution in [2.45, 2.75) is 50.7 Å². The summed E-state index contributed by atoms with van der Waals surface area (Å²) in [7, 11) is 1.78. The van der Waals surface area contributed by atoms with Crippen LogP contribution < -0.4 is 5.32 Å². The van der Waals surface area contributed by atoms with E-state index in [9.17, 15) is 13.2 Å². The van der Waals surface area contributed by atoms with Gasteiger partial charge in [-0.15, -0.1) is 0 Å². The minimum Gasteiger partial charge on any atom is -0.370 e. The molecule has 1 atom stereocenters. The maximum absolute atomic E-state index is 11.9. The summed E-state index contributed by atoms with van der Waals surface area (Å²) in [5, 5.41) is 3.04. The summed E-state index contributed by atoms with van der Waals surface area (Å²) in [4.78, 5) is 0. The van der Waals surface area contributed by atoms with Crippen molar-refractivity contribution in [3.8, 4) is 0 Å². The van der Waals surface area contributed by atoms with Crippen LogP contribution in [-0.4, -0.2) is 32.5 Å². The molecule has 0 aromatic rings. The molecule has 17 heavy (non-hydrogen) atoms. The quantitative estimate of drug-likeness (QED) is 0.785. The van der Waals surface area contributed by atoms with Gasteiger partial charge in [0, 0.05) is 6.04 Å². The fourth-order valence-electron chi connectivity index (χ4n) is 2.41. The Balaban J connectivity index is 2.18. The van der Waals surface area contributed by atoms with Gasteiger partial charge in [0.2, 0.25) is 0 Å². The Kier molecular flexibility index (Phi) is 6.27. The third-order valence-corrected chi connectivity index (χ3v) is 3.34. The molecule has 1 N–H and O–H groups in total. The molecule has 1 aliphatic rings. The van der Waals surface area contributed by atoms with Crippen LogP contribution in [0.25, 0.3) is 0 Å². The Morgan fingerprint density at radius 3 is 2.41 bits per heavy atom. The summed E-state index contributed by atoms with van der Waals surface area (Å²) >= 11 is 0. The molecule has 1 aliphatic carbocycles. The van der Waals surface area contributed by atoms with Gasteiger partial charge in [0.1, 0.15) is 6.61 Å². The van der Waals surface area contributed by atoms with Crippen LogP contribution in [0, 0.1) is 5.92 Å². The van der Waals surface area contributed by atoms with Crippen molar-refractivity contribution in [2.75, 3.05) is 20.3 Å². The van der Waals surface area contributed by atoms with Crippen LogP contribution in [-0.2, 0) is 4.74 Å². The van der Waals surface area contributed by atoms with E-state index in [0.717, 1.165) is 6.42 Å². The van der Waals surface area contributed by atoms with E-state index < -0.39 is 12.8 Å². The fourth-order valence-corrected chi connectivity index (χ4v) is 2.41. The fraction of sp³-hybridized carbons (Fsp3) is 1.00. The van der Waals surface area contributed by atoms with Gasteiger partial charge in [0.15, 0.2) is 0 Å². The third kappa shape index (κ3) is 6.88. The number of rotatable bonds is 6. The molecule has 1 fully saturated rings. The summed E-state index contributed by atoms with van der Waals surface area (Å²) in [5.74, 6) is 0.649. The normalized spacial score (nSPS) is 20.5. The second-order valence-corrected chi connectivity index (χ2v) is 4.86. The Morgan fingerprint density at radius 1 is 1.24 bits per heavy atom. The zero-order chi connectivity index (χ0) is 12.7. The number of likely N-dealkylation sites (N-methyl/N-ethyl adjacent to an activating group) is 1. The van der Waals surface area contributed by atoms with Gasteiger partial charge in [-0.25, -0.2) is 0 Å². The molecule has 2 nitrogen and oxygen atoms in total. The number of hydrogen-bond acceptors (Lipinski definition) is 2. The summed E-state index contributed by atoms with van der Waals surface area (Å²) < 4.78 is 40.5. The van der Waals surface area contributed by atoms with Gasteiger partial charge in [-0.05, 0) is 19.4 Å². The van der Waals surface area contributed by atoms with E-state index in [-0.39, 0.29) is 12.6 Å². The van der Waals surface area contributed by atoms with E-state index in [1.165, 1.54) is 32.1 Å². The molecule has 1 unspecified atom stereocenters. The first-order valence-electron chi connectivity index (χ1n) is 6.33. The monoisotopic (exact) mass is 253 g/mol. The van der Waals surface area contributed by atoms with Crippen LogP contribution >= 0.6 is 0 Å². The summed E-state index contributed by atoms with van der Waals surface area (Å²) in [5.41, 5.74) is 0. The van der Waals surface area contributed by atoms with Crippen LogP contribution in [0.3, 0.4) is 0 Å². The highest BCUT2D eigenvalue weighted by atomic mass is 19.4.